The number of rotatable bonds is 21. The lowest BCUT2D eigenvalue weighted by Crippen LogP contribution is -2.26. The van der Waals surface area contributed by atoms with Crippen LogP contribution < -0.4 is 14.8 Å². The van der Waals surface area contributed by atoms with Crippen LogP contribution in [0.3, 0.4) is 0 Å². The predicted octanol–water partition coefficient (Wildman–Crippen LogP) is 7.62. The molecule has 0 spiro atoms. The summed E-state index contributed by atoms with van der Waals surface area (Å²) in [5.41, 5.74) is 5.41. The molecule has 50 heavy (non-hydrogen) atoms. The molecule has 8 heteroatoms. The molecule has 0 saturated carbocycles. The van der Waals surface area contributed by atoms with E-state index in [0.29, 0.717) is 24.0 Å². The highest BCUT2D eigenvalue weighted by Crippen LogP contribution is 2.35. The van der Waals surface area contributed by atoms with E-state index in [1.54, 1.807) is 0 Å². The summed E-state index contributed by atoms with van der Waals surface area (Å²) in [6.07, 6.45) is 4.87. The van der Waals surface area contributed by atoms with Crippen molar-refractivity contribution in [2.75, 3.05) is 93.0 Å². The van der Waals surface area contributed by atoms with Crippen LogP contribution in [0, 0.1) is 24.7 Å². The van der Waals surface area contributed by atoms with Crippen molar-refractivity contribution in [1.29, 1.82) is 0 Å². The largest absolute Gasteiger partial charge is 0.493 e. The topological polar surface area (TPSA) is 75.7 Å². The molecule has 0 unspecified atom stereocenters. The number of aliphatic hydroxyl groups is 1. The van der Waals surface area contributed by atoms with E-state index in [9.17, 15) is 5.11 Å². The summed E-state index contributed by atoms with van der Waals surface area (Å²) >= 11 is 0. The van der Waals surface area contributed by atoms with Gasteiger partial charge < -0.3 is 39.2 Å². The standard InChI is InChI=1S/C33H52N2O4.C9H21NO/c1-26-29(30-12-8-14-32(27(30)2)39-22-10-18-35-19-15-28(36)25-35)11-7-13-31(26)38-21-9-17-34(6)20-24-37-23-16-33(3,4)5;1-9(2,3)5-7-11-8-6-10-4/h7-8,11-14,28,36H,9-10,15-25H2,1-6H3;10H,5-8H2,1-4H3/t28-;/m1./s1. The summed E-state index contributed by atoms with van der Waals surface area (Å²) in [7, 11) is 4.08. The SMILES string of the molecule is CNCCOCCC(C)(C)C.Cc1c(OCCCN(C)CCOCCC(C)(C)C)cccc1-c1cccc(OCCCN2CC[C@@H](O)C2)c1C. The maximum absolute atomic E-state index is 9.71. The number of likely N-dealkylation sites (tertiary alicyclic amines) is 1. The van der Waals surface area contributed by atoms with Gasteiger partial charge in [0.1, 0.15) is 11.5 Å². The van der Waals surface area contributed by atoms with Crippen LogP contribution in [0.25, 0.3) is 11.1 Å². The van der Waals surface area contributed by atoms with E-state index in [1.807, 2.05) is 7.05 Å². The molecule has 0 aliphatic carbocycles. The summed E-state index contributed by atoms with van der Waals surface area (Å²) in [5.74, 6) is 1.88. The van der Waals surface area contributed by atoms with Crippen LogP contribution >= 0.6 is 0 Å². The molecule has 2 aromatic carbocycles. The second kappa shape index (κ2) is 23.4. The summed E-state index contributed by atoms with van der Waals surface area (Å²) in [6.45, 7) is 28.0. The Kier molecular flexibility index (Phi) is 20.6. The Balaban J connectivity index is 0.000000677. The molecule has 1 aliphatic rings. The third-order valence-corrected chi connectivity index (χ3v) is 9.03. The molecule has 1 fully saturated rings. The van der Waals surface area contributed by atoms with E-state index in [0.717, 1.165) is 120 Å². The molecule has 1 heterocycles. The fourth-order valence-corrected chi connectivity index (χ4v) is 5.59. The zero-order valence-corrected chi connectivity index (χ0v) is 33.5. The fourth-order valence-electron chi connectivity index (χ4n) is 5.59. The average Bonchev–Trinajstić information content (AvgIpc) is 3.46. The molecule has 0 amide bonds. The van der Waals surface area contributed by atoms with Crippen molar-refractivity contribution in [1.82, 2.24) is 15.1 Å². The first-order valence-corrected chi connectivity index (χ1v) is 19.0. The van der Waals surface area contributed by atoms with E-state index < -0.39 is 0 Å². The van der Waals surface area contributed by atoms with Crippen LogP contribution in [-0.4, -0.2) is 114 Å². The van der Waals surface area contributed by atoms with Gasteiger partial charge in [-0.05, 0) is 105 Å². The highest BCUT2D eigenvalue weighted by molar-refractivity contribution is 5.74. The van der Waals surface area contributed by atoms with Crippen molar-refractivity contribution in [2.24, 2.45) is 10.8 Å². The third kappa shape index (κ3) is 18.9. The minimum atomic E-state index is -0.164. The van der Waals surface area contributed by atoms with Crippen LogP contribution in [0.5, 0.6) is 11.5 Å². The van der Waals surface area contributed by atoms with E-state index in [2.05, 4.69) is 114 Å². The van der Waals surface area contributed by atoms with Gasteiger partial charge in [-0.1, -0.05) is 65.8 Å². The molecule has 1 aliphatic heterocycles. The average molecular weight is 700 g/mol. The number of aliphatic hydroxyl groups excluding tert-OH is 1. The quantitative estimate of drug-likeness (QED) is 0.129. The number of nitrogens with zero attached hydrogens (tertiary/aromatic N) is 2. The van der Waals surface area contributed by atoms with E-state index in [4.69, 9.17) is 18.9 Å². The molecule has 8 nitrogen and oxygen atoms in total. The number of hydrogen-bond donors (Lipinski definition) is 2. The van der Waals surface area contributed by atoms with Crippen LogP contribution in [0.2, 0.25) is 0 Å². The number of hydrogen-bond acceptors (Lipinski definition) is 8. The zero-order valence-electron chi connectivity index (χ0n) is 33.5. The monoisotopic (exact) mass is 700 g/mol. The van der Waals surface area contributed by atoms with Crippen molar-refractivity contribution in [2.45, 2.75) is 93.6 Å². The molecule has 0 radical (unpaired) electrons. The van der Waals surface area contributed by atoms with Crippen molar-refractivity contribution in [3.05, 3.63) is 47.5 Å². The highest BCUT2D eigenvalue weighted by atomic mass is 16.5. The molecule has 286 valence electrons. The second-order valence-electron chi connectivity index (χ2n) is 16.3. The molecule has 2 N–H and O–H groups in total. The predicted molar refractivity (Wildman–Crippen MR) is 210 cm³/mol. The Hall–Kier alpha value is -2.20. The summed E-state index contributed by atoms with van der Waals surface area (Å²) in [6, 6.07) is 12.6. The summed E-state index contributed by atoms with van der Waals surface area (Å²) in [5, 5.41) is 12.7. The number of β-amino-alcohol motifs (C(OH)–C–C–N with tert-alkyl or cyclic N) is 1. The molecule has 3 rings (SSSR count). The lowest BCUT2D eigenvalue weighted by atomic mass is 9.93. The Bertz CT molecular complexity index is 1190. The first-order valence-electron chi connectivity index (χ1n) is 19.0. The van der Waals surface area contributed by atoms with Crippen molar-refractivity contribution >= 4 is 0 Å². The molecule has 0 bridgehead atoms. The van der Waals surface area contributed by atoms with E-state index in [1.165, 1.54) is 11.1 Å². The van der Waals surface area contributed by atoms with Crippen LogP contribution in [0.15, 0.2) is 36.4 Å². The van der Waals surface area contributed by atoms with Crippen LogP contribution in [0.1, 0.15) is 84.8 Å². The van der Waals surface area contributed by atoms with Crippen molar-refractivity contribution in [3.8, 4) is 22.6 Å². The van der Waals surface area contributed by atoms with Gasteiger partial charge in [0.25, 0.3) is 0 Å². The fraction of sp³-hybridized carbons (Fsp3) is 0.714. The van der Waals surface area contributed by atoms with Gasteiger partial charge in [0, 0.05) is 52.5 Å². The third-order valence-electron chi connectivity index (χ3n) is 9.03. The van der Waals surface area contributed by atoms with Gasteiger partial charge in [0.15, 0.2) is 0 Å². The van der Waals surface area contributed by atoms with Gasteiger partial charge in [-0.15, -0.1) is 0 Å². The number of ether oxygens (including phenoxy) is 4. The van der Waals surface area contributed by atoms with Gasteiger partial charge in [0.2, 0.25) is 0 Å². The summed E-state index contributed by atoms with van der Waals surface area (Å²) in [4.78, 5) is 4.63. The van der Waals surface area contributed by atoms with Crippen molar-refractivity contribution < 1.29 is 24.1 Å². The Morgan fingerprint density at radius 3 is 1.80 bits per heavy atom. The Morgan fingerprint density at radius 1 is 0.760 bits per heavy atom. The molecule has 0 aromatic heterocycles. The molecular formula is C42H73N3O5. The van der Waals surface area contributed by atoms with Gasteiger partial charge in [0.05, 0.1) is 32.5 Å². The maximum Gasteiger partial charge on any atom is 0.122 e. The Labute approximate surface area is 306 Å². The number of nitrogens with one attached hydrogen (secondary N) is 1. The lowest BCUT2D eigenvalue weighted by Gasteiger charge is -2.20. The number of likely N-dealkylation sites (N-methyl/N-ethyl adjacent to an activating group) is 2. The lowest BCUT2D eigenvalue weighted by molar-refractivity contribution is 0.0899. The first-order chi connectivity index (χ1) is 23.7. The second-order valence-corrected chi connectivity index (χ2v) is 16.3. The molecule has 2 aromatic rings. The van der Waals surface area contributed by atoms with Gasteiger partial charge >= 0.3 is 0 Å². The minimum Gasteiger partial charge on any atom is -0.493 e. The van der Waals surface area contributed by atoms with E-state index >= 15 is 0 Å². The molecular weight excluding hydrogens is 626 g/mol. The van der Waals surface area contributed by atoms with Crippen LogP contribution in [-0.2, 0) is 9.47 Å². The van der Waals surface area contributed by atoms with Gasteiger partial charge in [-0.3, -0.25) is 0 Å². The van der Waals surface area contributed by atoms with Crippen molar-refractivity contribution in [3.63, 3.8) is 0 Å². The van der Waals surface area contributed by atoms with Gasteiger partial charge in [-0.2, -0.15) is 0 Å². The smallest absolute Gasteiger partial charge is 0.122 e. The summed E-state index contributed by atoms with van der Waals surface area (Å²) < 4.78 is 23.6. The maximum atomic E-state index is 9.71. The highest BCUT2D eigenvalue weighted by Gasteiger charge is 2.19. The normalized spacial score (nSPS) is 15.3. The van der Waals surface area contributed by atoms with Gasteiger partial charge in [-0.25, -0.2) is 0 Å². The minimum absolute atomic E-state index is 0.164. The molecule has 1 saturated heterocycles. The number of benzene rings is 2. The Morgan fingerprint density at radius 2 is 1.30 bits per heavy atom. The van der Waals surface area contributed by atoms with Crippen LogP contribution in [0.4, 0.5) is 0 Å². The zero-order chi connectivity index (χ0) is 37.0. The van der Waals surface area contributed by atoms with E-state index in [-0.39, 0.29) is 6.10 Å². The molecule has 1 atom stereocenters. The first kappa shape index (κ1) is 44.0.